The van der Waals surface area contributed by atoms with Gasteiger partial charge in [-0.2, -0.15) is 0 Å². The second-order valence-electron chi connectivity index (χ2n) is 4.03. The van der Waals surface area contributed by atoms with Gasteiger partial charge in [0.2, 0.25) is 0 Å². The minimum Gasteiger partial charge on any atom is -0.309 e. The van der Waals surface area contributed by atoms with Crippen LogP contribution in [0, 0.1) is 5.41 Å². The van der Waals surface area contributed by atoms with Gasteiger partial charge in [0.1, 0.15) is 0 Å². The molecule has 0 saturated heterocycles. The molecule has 0 aromatic rings. The molecule has 2 heteroatoms. The highest BCUT2D eigenvalue weighted by molar-refractivity contribution is 6.05. The lowest BCUT2D eigenvalue weighted by Gasteiger charge is -2.35. The SMILES string of the molecule is C=C1C(=O)C=CC(C)(C)C1NCC. The molecule has 1 N–H and O–H groups in total. The molecule has 0 aromatic heterocycles. The van der Waals surface area contributed by atoms with E-state index in [4.69, 9.17) is 0 Å². The largest absolute Gasteiger partial charge is 0.309 e. The van der Waals surface area contributed by atoms with Crippen LogP contribution in [-0.4, -0.2) is 18.4 Å². The van der Waals surface area contributed by atoms with Crippen molar-refractivity contribution in [1.82, 2.24) is 5.32 Å². The Hall–Kier alpha value is -0.890. The Morgan fingerprint density at radius 2 is 2.23 bits per heavy atom. The molecule has 72 valence electrons. The number of likely N-dealkylation sites (N-methyl/N-ethyl adjacent to an activating group) is 1. The first-order valence-electron chi connectivity index (χ1n) is 4.65. The highest BCUT2D eigenvalue weighted by atomic mass is 16.1. The van der Waals surface area contributed by atoms with E-state index < -0.39 is 0 Å². The third kappa shape index (κ3) is 1.89. The van der Waals surface area contributed by atoms with Gasteiger partial charge in [-0.3, -0.25) is 4.79 Å². The number of rotatable bonds is 2. The van der Waals surface area contributed by atoms with Crippen LogP contribution >= 0.6 is 0 Å². The van der Waals surface area contributed by atoms with Gasteiger partial charge in [0.15, 0.2) is 5.78 Å². The van der Waals surface area contributed by atoms with Crippen molar-refractivity contribution in [2.45, 2.75) is 26.8 Å². The van der Waals surface area contributed by atoms with Gasteiger partial charge in [0.25, 0.3) is 0 Å². The Morgan fingerprint density at radius 3 is 2.77 bits per heavy atom. The molecule has 0 amide bonds. The van der Waals surface area contributed by atoms with Crippen LogP contribution in [0.3, 0.4) is 0 Å². The van der Waals surface area contributed by atoms with Crippen molar-refractivity contribution in [3.63, 3.8) is 0 Å². The maximum Gasteiger partial charge on any atom is 0.182 e. The van der Waals surface area contributed by atoms with E-state index >= 15 is 0 Å². The predicted molar refractivity (Wildman–Crippen MR) is 54.5 cm³/mol. The fraction of sp³-hybridized carbons (Fsp3) is 0.545. The van der Waals surface area contributed by atoms with Crippen LogP contribution in [0.2, 0.25) is 0 Å². The molecule has 1 atom stereocenters. The summed E-state index contributed by atoms with van der Waals surface area (Å²) in [7, 11) is 0. The summed E-state index contributed by atoms with van der Waals surface area (Å²) in [5.41, 5.74) is 0.662. The molecular formula is C11H17NO. The molecule has 13 heavy (non-hydrogen) atoms. The molecule has 2 nitrogen and oxygen atoms in total. The molecule has 0 radical (unpaired) electrons. The standard InChI is InChI=1S/C11H17NO/c1-5-12-10-8(2)9(13)6-7-11(10,3)4/h6-7,10,12H,2,5H2,1,3-4H3. The Bertz CT molecular complexity index is 263. The van der Waals surface area contributed by atoms with Crippen molar-refractivity contribution in [3.8, 4) is 0 Å². The maximum absolute atomic E-state index is 11.3. The summed E-state index contributed by atoms with van der Waals surface area (Å²) >= 11 is 0. The van der Waals surface area contributed by atoms with E-state index in [-0.39, 0.29) is 17.2 Å². The quantitative estimate of drug-likeness (QED) is 0.653. The zero-order valence-corrected chi connectivity index (χ0v) is 8.55. The van der Waals surface area contributed by atoms with Crippen molar-refractivity contribution in [3.05, 3.63) is 24.3 Å². The van der Waals surface area contributed by atoms with E-state index in [1.165, 1.54) is 0 Å². The van der Waals surface area contributed by atoms with Crippen LogP contribution in [-0.2, 0) is 4.79 Å². The summed E-state index contributed by atoms with van der Waals surface area (Å²) in [6.45, 7) is 10.9. The first-order chi connectivity index (χ1) is 5.99. The smallest absolute Gasteiger partial charge is 0.182 e. The minimum atomic E-state index is -0.0129. The van der Waals surface area contributed by atoms with Crippen LogP contribution in [0.5, 0.6) is 0 Å². The number of allylic oxidation sites excluding steroid dienone is 1. The van der Waals surface area contributed by atoms with Gasteiger partial charge < -0.3 is 5.32 Å². The minimum absolute atomic E-state index is 0.0129. The highest BCUT2D eigenvalue weighted by Gasteiger charge is 2.34. The number of hydrogen-bond acceptors (Lipinski definition) is 2. The molecule has 0 aliphatic heterocycles. The second kappa shape index (κ2) is 3.46. The summed E-state index contributed by atoms with van der Waals surface area (Å²) in [5.74, 6) is 0.0466. The van der Waals surface area contributed by atoms with E-state index in [0.717, 1.165) is 6.54 Å². The van der Waals surface area contributed by atoms with Crippen LogP contribution in [0.4, 0.5) is 0 Å². The molecular weight excluding hydrogens is 162 g/mol. The average Bonchev–Trinajstić information content (AvgIpc) is 2.07. The predicted octanol–water partition coefficient (Wildman–Crippen LogP) is 1.69. The van der Waals surface area contributed by atoms with Gasteiger partial charge in [-0.1, -0.05) is 33.4 Å². The Balaban J connectivity index is 2.95. The molecule has 0 saturated carbocycles. The lowest BCUT2D eigenvalue weighted by atomic mass is 9.75. The number of nitrogens with one attached hydrogen (secondary N) is 1. The second-order valence-corrected chi connectivity index (χ2v) is 4.03. The number of carbonyl (C=O) groups excluding carboxylic acids is 1. The fourth-order valence-corrected chi connectivity index (χ4v) is 1.68. The van der Waals surface area contributed by atoms with E-state index in [0.29, 0.717) is 5.57 Å². The molecule has 0 spiro atoms. The molecule has 1 aliphatic rings. The maximum atomic E-state index is 11.3. The summed E-state index contributed by atoms with van der Waals surface area (Å²) in [6.07, 6.45) is 3.58. The van der Waals surface area contributed by atoms with Crippen molar-refractivity contribution in [2.75, 3.05) is 6.54 Å². The van der Waals surface area contributed by atoms with E-state index in [2.05, 4.69) is 25.7 Å². The van der Waals surface area contributed by atoms with E-state index in [9.17, 15) is 4.79 Å². The van der Waals surface area contributed by atoms with Crippen molar-refractivity contribution >= 4 is 5.78 Å². The zero-order valence-electron chi connectivity index (χ0n) is 8.55. The third-order valence-corrected chi connectivity index (χ3v) is 2.48. The summed E-state index contributed by atoms with van der Waals surface area (Å²) < 4.78 is 0. The van der Waals surface area contributed by atoms with Gasteiger partial charge in [0.05, 0.1) is 0 Å². The summed E-state index contributed by atoms with van der Waals surface area (Å²) in [6, 6.07) is 0.0787. The van der Waals surface area contributed by atoms with Crippen LogP contribution < -0.4 is 5.32 Å². The number of ketones is 1. The average molecular weight is 179 g/mol. The number of hydrogen-bond donors (Lipinski definition) is 1. The van der Waals surface area contributed by atoms with Crippen LogP contribution in [0.15, 0.2) is 24.3 Å². The van der Waals surface area contributed by atoms with Gasteiger partial charge in [-0.15, -0.1) is 0 Å². The first-order valence-corrected chi connectivity index (χ1v) is 4.65. The van der Waals surface area contributed by atoms with Crippen LogP contribution in [0.1, 0.15) is 20.8 Å². The lowest BCUT2D eigenvalue weighted by molar-refractivity contribution is -0.112. The Morgan fingerprint density at radius 1 is 1.62 bits per heavy atom. The molecule has 1 rings (SSSR count). The molecule has 0 heterocycles. The molecule has 0 aromatic carbocycles. The van der Waals surface area contributed by atoms with E-state index in [1.807, 2.05) is 13.0 Å². The topological polar surface area (TPSA) is 29.1 Å². The normalized spacial score (nSPS) is 26.5. The number of carbonyl (C=O) groups is 1. The van der Waals surface area contributed by atoms with E-state index in [1.54, 1.807) is 6.08 Å². The molecule has 1 unspecified atom stereocenters. The van der Waals surface area contributed by atoms with Crippen molar-refractivity contribution in [1.29, 1.82) is 0 Å². The molecule has 0 bridgehead atoms. The Kier molecular flexibility index (Phi) is 2.71. The lowest BCUT2D eigenvalue weighted by Crippen LogP contribution is -2.45. The summed E-state index contributed by atoms with van der Waals surface area (Å²) in [5, 5.41) is 3.28. The van der Waals surface area contributed by atoms with Crippen LogP contribution in [0.25, 0.3) is 0 Å². The monoisotopic (exact) mass is 179 g/mol. The first kappa shape index (κ1) is 10.2. The third-order valence-electron chi connectivity index (χ3n) is 2.48. The van der Waals surface area contributed by atoms with Crippen molar-refractivity contribution in [2.24, 2.45) is 5.41 Å². The molecule has 0 fully saturated rings. The Labute approximate surface area is 79.7 Å². The van der Waals surface area contributed by atoms with Gasteiger partial charge in [0, 0.05) is 17.0 Å². The summed E-state index contributed by atoms with van der Waals surface area (Å²) in [4.78, 5) is 11.3. The van der Waals surface area contributed by atoms with Gasteiger partial charge >= 0.3 is 0 Å². The van der Waals surface area contributed by atoms with Gasteiger partial charge in [-0.05, 0) is 12.6 Å². The van der Waals surface area contributed by atoms with Gasteiger partial charge in [-0.25, -0.2) is 0 Å². The molecule has 1 aliphatic carbocycles. The fourth-order valence-electron chi connectivity index (χ4n) is 1.68. The van der Waals surface area contributed by atoms with Crippen molar-refractivity contribution < 1.29 is 4.79 Å². The zero-order chi connectivity index (χ0) is 10.1. The highest BCUT2D eigenvalue weighted by Crippen LogP contribution is 2.31.